The van der Waals surface area contributed by atoms with Crippen molar-refractivity contribution in [1.29, 1.82) is 0 Å². The molecule has 2 N–H and O–H groups in total. The van der Waals surface area contributed by atoms with Gasteiger partial charge in [-0.1, -0.05) is 0 Å². The van der Waals surface area contributed by atoms with Crippen LogP contribution in [-0.2, 0) is 11.2 Å². The SMILES string of the molecule is CC(=O)Cc1cc(Br)cnc1N. The monoisotopic (exact) mass is 228 g/mol. The van der Waals surface area contributed by atoms with Gasteiger partial charge in [0.25, 0.3) is 0 Å². The molecule has 1 heterocycles. The number of hydrogen-bond acceptors (Lipinski definition) is 3. The van der Waals surface area contributed by atoms with Crippen LogP contribution in [0.2, 0.25) is 0 Å². The van der Waals surface area contributed by atoms with Crippen LogP contribution in [0.4, 0.5) is 5.82 Å². The highest BCUT2D eigenvalue weighted by atomic mass is 79.9. The predicted molar refractivity (Wildman–Crippen MR) is 50.7 cm³/mol. The van der Waals surface area contributed by atoms with E-state index in [4.69, 9.17) is 5.73 Å². The Morgan fingerprint density at radius 2 is 2.42 bits per heavy atom. The lowest BCUT2D eigenvalue weighted by Crippen LogP contribution is -2.02. The summed E-state index contributed by atoms with van der Waals surface area (Å²) < 4.78 is 0.841. The van der Waals surface area contributed by atoms with Gasteiger partial charge >= 0.3 is 0 Å². The maximum absolute atomic E-state index is 10.8. The van der Waals surface area contributed by atoms with E-state index >= 15 is 0 Å². The fourth-order valence-electron chi connectivity index (χ4n) is 0.902. The largest absolute Gasteiger partial charge is 0.383 e. The second kappa shape index (κ2) is 3.67. The van der Waals surface area contributed by atoms with Crippen LogP contribution in [0.5, 0.6) is 0 Å². The van der Waals surface area contributed by atoms with Gasteiger partial charge in [0.05, 0.1) is 0 Å². The Morgan fingerprint density at radius 3 is 3.00 bits per heavy atom. The van der Waals surface area contributed by atoms with Gasteiger partial charge in [-0.3, -0.25) is 4.79 Å². The first kappa shape index (κ1) is 9.19. The van der Waals surface area contributed by atoms with Gasteiger partial charge in [0, 0.05) is 22.7 Å². The zero-order valence-electron chi connectivity index (χ0n) is 6.67. The Morgan fingerprint density at radius 1 is 1.75 bits per heavy atom. The number of halogens is 1. The number of rotatable bonds is 2. The summed E-state index contributed by atoms with van der Waals surface area (Å²) in [7, 11) is 0. The topological polar surface area (TPSA) is 56.0 Å². The van der Waals surface area contributed by atoms with Crippen molar-refractivity contribution in [3.63, 3.8) is 0 Å². The molecule has 64 valence electrons. The van der Waals surface area contributed by atoms with Gasteiger partial charge in [0.2, 0.25) is 0 Å². The van der Waals surface area contributed by atoms with E-state index < -0.39 is 0 Å². The number of nitrogen functional groups attached to an aromatic ring is 1. The number of carbonyl (C=O) groups excluding carboxylic acids is 1. The van der Waals surface area contributed by atoms with E-state index in [1.165, 1.54) is 6.92 Å². The van der Waals surface area contributed by atoms with Crippen LogP contribution in [0, 0.1) is 0 Å². The zero-order valence-corrected chi connectivity index (χ0v) is 8.26. The first-order chi connectivity index (χ1) is 5.59. The molecule has 0 aliphatic carbocycles. The lowest BCUT2D eigenvalue weighted by Gasteiger charge is -2.01. The Hall–Kier alpha value is -0.900. The molecule has 4 heteroatoms. The molecule has 0 fully saturated rings. The van der Waals surface area contributed by atoms with Gasteiger partial charge in [-0.2, -0.15) is 0 Å². The van der Waals surface area contributed by atoms with Crippen molar-refractivity contribution in [3.8, 4) is 0 Å². The Kier molecular flexibility index (Phi) is 2.81. The van der Waals surface area contributed by atoms with Crippen molar-refractivity contribution in [2.45, 2.75) is 13.3 Å². The maximum Gasteiger partial charge on any atom is 0.134 e. The summed E-state index contributed by atoms with van der Waals surface area (Å²) in [5.74, 6) is 0.509. The predicted octanol–water partition coefficient (Wildman–Crippen LogP) is 1.56. The minimum absolute atomic E-state index is 0.0848. The van der Waals surface area contributed by atoms with Gasteiger partial charge in [-0.15, -0.1) is 0 Å². The van der Waals surface area contributed by atoms with E-state index in [1.54, 1.807) is 6.20 Å². The van der Waals surface area contributed by atoms with Crippen LogP contribution < -0.4 is 5.73 Å². The van der Waals surface area contributed by atoms with Crippen LogP contribution in [0.15, 0.2) is 16.7 Å². The Labute approximate surface area is 79.1 Å². The molecule has 0 aliphatic heterocycles. The standard InChI is InChI=1S/C8H9BrN2O/c1-5(12)2-6-3-7(9)4-11-8(6)10/h3-4H,2H2,1H3,(H2,10,11). The van der Waals surface area contributed by atoms with Crippen LogP contribution in [0.1, 0.15) is 12.5 Å². The molecule has 0 amide bonds. The third-order valence-electron chi connectivity index (χ3n) is 1.41. The molecule has 1 rings (SSSR count). The van der Waals surface area contributed by atoms with Crippen molar-refractivity contribution < 1.29 is 4.79 Å². The molecule has 1 aromatic heterocycles. The van der Waals surface area contributed by atoms with Crippen LogP contribution in [-0.4, -0.2) is 10.8 Å². The molecule has 0 aliphatic rings. The number of aromatic nitrogens is 1. The summed E-state index contributed by atoms with van der Waals surface area (Å²) in [6, 6.07) is 1.81. The van der Waals surface area contributed by atoms with E-state index in [0.717, 1.165) is 10.0 Å². The first-order valence-electron chi connectivity index (χ1n) is 3.49. The number of pyridine rings is 1. The van der Waals surface area contributed by atoms with Crippen molar-refractivity contribution in [3.05, 3.63) is 22.3 Å². The average molecular weight is 229 g/mol. The highest BCUT2D eigenvalue weighted by Gasteiger charge is 2.03. The number of anilines is 1. The fraction of sp³-hybridized carbons (Fsp3) is 0.250. The second-order valence-corrected chi connectivity index (χ2v) is 3.49. The van der Waals surface area contributed by atoms with Crippen LogP contribution in [0.3, 0.4) is 0 Å². The molecule has 0 radical (unpaired) electrons. The normalized spacial score (nSPS) is 9.83. The van der Waals surface area contributed by atoms with Gasteiger partial charge in [-0.05, 0) is 28.9 Å². The third-order valence-corrected chi connectivity index (χ3v) is 1.84. The van der Waals surface area contributed by atoms with Crippen molar-refractivity contribution >= 4 is 27.5 Å². The van der Waals surface area contributed by atoms with Gasteiger partial charge < -0.3 is 5.73 Å². The molecule has 0 atom stereocenters. The molecule has 0 unspecified atom stereocenters. The molecular formula is C8H9BrN2O. The molecule has 0 aromatic carbocycles. The highest BCUT2D eigenvalue weighted by Crippen LogP contribution is 2.15. The zero-order chi connectivity index (χ0) is 9.14. The summed E-state index contributed by atoms with van der Waals surface area (Å²) in [5, 5.41) is 0. The van der Waals surface area contributed by atoms with E-state index in [-0.39, 0.29) is 5.78 Å². The number of carbonyl (C=O) groups is 1. The molecule has 3 nitrogen and oxygen atoms in total. The molecule has 0 saturated heterocycles. The first-order valence-corrected chi connectivity index (χ1v) is 4.28. The van der Waals surface area contributed by atoms with Gasteiger partial charge in [-0.25, -0.2) is 4.98 Å². The summed E-state index contributed by atoms with van der Waals surface area (Å²) in [5.41, 5.74) is 6.33. The molecule has 12 heavy (non-hydrogen) atoms. The smallest absolute Gasteiger partial charge is 0.134 e. The van der Waals surface area contributed by atoms with Gasteiger partial charge in [0.1, 0.15) is 11.6 Å². The number of nitrogens with two attached hydrogens (primary N) is 1. The van der Waals surface area contributed by atoms with E-state index in [9.17, 15) is 4.79 Å². The number of hydrogen-bond donors (Lipinski definition) is 1. The second-order valence-electron chi connectivity index (χ2n) is 2.58. The highest BCUT2D eigenvalue weighted by molar-refractivity contribution is 9.10. The Bertz CT molecular complexity index is 312. The van der Waals surface area contributed by atoms with Crippen molar-refractivity contribution in [1.82, 2.24) is 4.98 Å². The lowest BCUT2D eigenvalue weighted by molar-refractivity contribution is -0.116. The lowest BCUT2D eigenvalue weighted by atomic mass is 10.1. The van der Waals surface area contributed by atoms with E-state index in [1.807, 2.05) is 6.07 Å². The number of Topliss-reactive ketones (excluding diaryl/α,β-unsaturated/α-hetero) is 1. The summed E-state index contributed by atoms with van der Waals surface area (Å²) in [6.45, 7) is 1.53. The molecule has 0 spiro atoms. The summed E-state index contributed by atoms with van der Waals surface area (Å²) >= 11 is 3.26. The molecule has 1 aromatic rings. The maximum atomic E-state index is 10.8. The molecule has 0 bridgehead atoms. The molecular weight excluding hydrogens is 220 g/mol. The molecule has 0 saturated carbocycles. The average Bonchev–Trinajstić information content (AvgIpc) is 1.96. The number of nitrogens with zero attached hydrogens (tertiary/aromatic N) is 1. The van der Waals surface area contributed by atoms with E-state index in [0.29, 0.717) is 12.2 Å². The number of ketones is 1. The fourth-order valence-corrected chi connectivity index (χ4v) is 1.28. The minimum atomic E-state index is 0.0848. The van der Waals surface area contributed by atoms with Crippen LogP contribution >= 0.6 is 15.9 Å². The van der Waals surface area contributed by atoms with Crippen molar-refractivity contribution in [2.24, 2.45) is 0 Å². The quantitative estimate of drug-likeness (QED) is 0.837. The minimum Gasteiger partial charge on any atom is -0.383 e. The summed E-state index contributed by atoms with van der Waals surface area (Å²) in [6.07, 6.45) is 1.96. The van der Waals surface area contributed by atoms with Crippen LogP contribution in [0.25, 0.3) is 0 Å². The third kappa shape index (κ3) is 2.30. The Balaban J connectivity index is 2.97. The van der Waals surface area contributed by atoms with E-state index in [2.05, 4.69) is 20.9 Å². The van der Waals surface area contributed by atoms with Gasteiger partial charge in [0.15, 0.2) is 0 Å². The summed E-state index contributed by atoms with van der Waals surface area (Å²) in [4.78, 5) is 14.7. The van der Waals surface area contributed by atoms with Crippen molar-refractivity contribution in [2.75, 3.05) is 5.73 Å².